The number of nitrogens with one attached hydrogen (secondary N) is 3. The van der Waals surface area contributed by atoms with Gasteiger partial charge in [-0.1, -0.05) is 44.9 Å². The number of esters is 1. The zero-order valence-corrected chi connectivity index (χ0v) is 43.5. The molecule has 2 saturated carbocycles. The van der Waals surface area contributed by atoms with Crippen LogP contribution < -0.4 is 16.1 Å². The lowest BCUT2D eigenvalue weighted by Gasteiger charge is -2.37. The molecule has 6 fully saturated rings. The minimum absolute atomic E-state index is 0.0443. The van der Waals surface area contributed by atoms with Crippen LogP contribution in [0.1, 0.15) is 120 Å². The summed E-state index contributed by atoms with van der Waals surface area (Å²) in [7, 11) is 1.69. The van der Waals surface area contributed by atoms with Gasteiger partial charge in [0.25, 0.3) is 5.91 Å². The standard InChI is InChI=1S/C58H75FN8O6/c1-6-66-47-18-17-40-29-43(47)44(52(66)42-13-9-21-60-48(42)35(2)72-5)30-57(3,4)34-73-56(71)45-14-10-22-67(63-45)54(69)46(28-36-25-37(31-59)27-41(40)26-36)61-53(68)51(39-11-7-8-12-39)64-23-19-58(32-64)20-24-65(33-58)55(70)50-49(62-50)38-15-16-38/h9,13,17-18,21,25-27,29,35,38-39,45-46,49-51,62-63H,6-8,10-12,14-16,19-20,22-24,28,30-34H2,1-5H3,(H,61,68)/t35-,45-,46-,49?,50+,51?,58-/m0/s1. The number of alkyl halides is 1. The number of pyridine rings is 1. The van der Waals surface area contributed by atoms with Crippen LogP contribution in [-0.2, 0) is 54.7 Å². The van der Waals surface area contributed by atoms with E-state index in [1.807, 2.05) is 31.2 Å². The third-order valence-corrected chi connectivity index (χ3v) is 17.7. The maximum absolute atomic E-state index is 15.2. The molecular weight excluding hydrogens is 924 g/mol. The highest BCUT2D eigenvalue weighted by Crippen LogP contribution is 2.46. The first-order chi connectivity index (χ1) is 35.3. The lowest BCUT2D eigenvalue weighted by Crippen LogP contribution is -2.62. The maximum Gasteiger partial charge on any atom is 0.324 e. The number of methoxy groups -OCH3 is 1. The molecule has 2 aromatic carbocycles. The van der Waals surface area contributed by atoms with Crippen LogP contribution in [-0.4, -0.2) is 125 Å². The summed E-state index contributed by atoms with van der Waals surface area (Å²) in [6.45, 7) is 11.8. The third kappa shape index (κ3) is 9.96. The number of halogens is 1. The van der Waals surface area contributed by atoms with Gasteiger partial charge in [-0.05, 0) is 148 Å². The average Bonchev–Trinajstić information content (AvgIpc) is 4.21. The SMILES string of the molecule is CCn1c(-c2cccnc2[C@H](C)OC)c2c3cc(ccc31)-c1cc(CF)cc(c1)C[C@H](NC(=O)C(C1CCCC1)N1CC[C@]3(CCN(C(=O)[C@@H]4NC4C4CC4)C3)C1)C(=O)N1CCC[C@H](N1)C(=O)OCC(C)(C)C2. The van der Waals surface area contributed by atoms with Crippen molar-refractivity contribution in [1.82, 2.24) is 40.4 Å². The number of nitrogens with zero attached hydrogens (tertiary/aromatic N) is 5. The van der Waals surface area contributed by atoms with Gasteiger partial charge in [0.2, 0.25) is 11.8 Å². The lowest BCUT2D eigenvalue weighted by atomic mass is 9.84. The first kappa shape index (κ1) is 50.0. The van der Waals surface area contributed by atoms with E-state index in [2.05, 4.69) is 75.5 Å². The number of carbonyl (C=O) groups is 4. The molecule has 2 unspecified atom stereocenters. The van der Waals surface area contributed by atoms with E-state index in [1.165, 1.54) is 17.9 Å². The largest absolute Gasteiger partial charge is 0.464 e. The molecule has 1 spiro atoms. The van der Waals surface area contributed by atoms with Crippen molar-refractivity contribution in [2.75, 3.05) is 46.4 Å². The van der Waals surface area contributed by atoms with Crippen LogP contribution in [0, 0.1) is 22.7 Å². The molecule has 73 heavy (non-hydrogen) atoms. The van der Waals surface area contributed by atoms with Gasteiger partial charge in [0, 0.05) is 85.8 Å². The summed E-state index contributed by atoms with van der Waals surface area (Å²) in [4.78, 5) is 67.4. The van der Waals surface area contributed by atoms with Crippen LogP contribution in [0.3, 0.4) is 0 Å². The van der Waals surface area contributed by atoms with Gasteiger partial charge in [-0.15, -0.1) is 0 Å². The number of fused-ring (bicyclic) bond motifs is 6. The molecule has 6 bridgehead atoms. The number of benzene rings is 2. The fourth-order valence-electron chi connectivity index (χ4n) is 13.5. The second-order valence-corrected chi connectivity index (χ2v) is 23.5. The Balaban J connectivity index is 0.943. The summed E-state index contributed by atoms with van der Waals surface area (Å²) in [6.07, 6.45) is 11.5. The van der Waals surface area contributed by atoms with Crippen LogP contribution >= 0.6 is 0 Å². The number of hydrogen-bond acceptors (Lipinski definition) is 10. The number of carbonyl (C=O) groups excluding carboxylic acids is 4. The van der Waals surface area contributed by atoms with Gasteiger partial charge in [-0.3, -0.25) is 39.4 Å². The second-order valence-electron chi connectivity index (χ2n) is 23.5. The number of aryl methyl sites for hydroxylation is 1. The molecule has 4 saturated heterocycles. The highest BCUT2D eigenvalue weighted by molar-refractivity contribution is 5.96. The Morgan fingerprint density at radius 1 is 0.973 bits per heavy atom. The van der Waals surface area contributed by atoms with Gasteiger partial charge in [0.1, 0.15) is 24.8 Å². The first-order valence-corrected chi connectivity index (χ1v) is 27.4. The first-order valence-electron chi connectivity index (χ1n) is 27.4. The minimum Gasteiger partial charge on any atom is -0.464 e. The summed E-state index contributed by atoms with van der Waals surface area (Å²) in [6, 6.07) is 14.3. The van der Waals surface area contributed by atoms with Crippen molar-refractivity contribution in [3.63, 3.8) is 0 Å². The maximum atomic E-state index is 15.2. The highest BCUT2D eigenvalue weighted by atomic mass is 19.1. The zero-order valence-electron chi connectivity index (χ0n) is 43.5. The van der Waals surface area contributed by atoms with Crippen molar-refractivity contribution in [2.24, 2.45) is 22.7 Å². The summed E-state index contributed by atoms with van der Waals surface area (Å²) in [5.41, 5.74) is 10.5. The molecule has 7 atom stereocenters. The minimum atomic E-state index is -1.01. The van der Waals surface area contributed by atoms with Crippen molar-refractivity contribution in [1.29, 1.82) is 0 Å². The Morgan fingerprint density at radius 3 is 2.55 bits per heavy atom. The zero-order chi connectivity index (χ0) is 50.8. The topological polar surface area (TPSA) is 160 Å². The van der Waals surface area contributed by atoms with Gasteiger partial charge >= 0.3 is 5.97 Å². The Hall–Kier alpha value is -5.22. The van der Waals surface area contributed by atoms with Gasteiger partial charge in [-0.2, -0.15) is 0 Å². The van der Waals surface area contributed by atoms with Crippen LogP contribution in [0.5, 0.6) is 0 Å². The number of hydrazine groups is 1. The van der Waals surface area contributed by atoms with Crippen LogP contribution in [0.25, 0.3) is 33.3 Å². The molecule has 7 heterocycles. The quantitative estimate of drug-likeness (QED) is 0.102. The molecule has 0 radical (unpaired) electrons. The summed E-state index contributed by atoms with van der Waals surface area (Å²) in [5, 5.41) is 9.31. The smallest absolute Gasteiger partial charge is 0.324 e. The fourth-order valence-corrected chi connectivity index (χ4v) is 13.5. The molecule has 5 aliphatic heterocycles. The van der Waals surface area contributed by atoms with Crippen molar-refractivity contribution >= 4 is 34.6 Å². The van der Waals surface area contributed by atoms with Gasteiger partial charge in [-0.25, -0.2) is 9.82 Å². The second kappa shape index (κ2) is 20.1. The van der Waals surface area contributed by atoms with Crippen molar-refractivity contribution in [3.8, 4) is 22.4 Å². The Bertz CT molecular complexity index is 2770. The molecule has 4 aromatic rings. The van der Waals surface area contributed by atoms with E-state index in [0.717, 1.165) is 108 Å². The fraction of sp³-hybridized carbons (Fsp3) is 0.603. The van der Waals surface area contributed by atoms with Gasteiger partial charge in [0.05, 0.1) is 30.1 Å². The highest BCUT2D eigenvalue weighted by Gasteiger charge is 2.55. The third-order valence-electron chi connectivity index (χ3n) is 17.7. The van der Waals surface area contributed by atoms with Crippen LogP contribution in [0.15, 0.2) is 54.7 Å². The molecule has 14 nitrogen and oxygen atoms in total. The summed E-state index contributed by atoms with van der Waals surface area (Å²) < 4.78 is 29.5. The Morgan fingerprint density at radius 2 is 1.78 bits per heavy atom. The molecule has 2 aromatic heterocycles. The molecule has 7 aliphatic rings. The Labute approximate surface area is 429 Å². The number of ether oxygens (including phenoxy) is 2. The molecule has 15 heteroatoms. The molecule has 2 aliphatic carbocycles. The predicted octanol–water partition coefficient (Wildman–Crippen LogP) is 7.45. The van der Waals surface area contributed by atoms with Crippen LogP contribution in [0.2, 0.25) is 0 Å². The van der Waals surface area contributed by atoms with E-state index in [4.69, 9.17) is 14.5 Å². The van der Waals surface area contributed by atoms with Crippen molar-refractivity contribution in [2.45, 2.75) is 154 Å². The molecule has 3 amide bonds. The summed E-state index contributed by atoms with van der Waals surface area (Å²) >= 11 is 0. The number of amides is 3. The lowest BCUT2D eigenvalue weighted by molar-refractivity contribution is -0.155. The molecule has 11 rings (SSSR count). The number of hydrogen-bond donors (Lipinski definition) is 3. The normalized spacial score (nSPS) is 27.6. The van der Waals surface area contributed by atoms with E-state index >= 15 is 14.0 Å². The number of cyclic esters (lactones) is 1. The van der Waals surface area contributed by atoms with Crippen molar-refractivity contribution in [3.05, 3.63) is 77.1 Å². The average molecular weight is 999 g/mol. The monoisotopic (exact) mass is 999 g/mol. The van der Waals surface area contributed by atoms with Gasteiger partial charge < -0.3 is 24.3 Å². The van der Waals surface area contributed by atoms with E-state index in [1.54, 1.807) is 13.3 Å². The Kier molecular flexibility index (Phi) is 13.8. The number of likely N-dealkylation sites (tertiary alicyclic amines) is 2. The predicted molar refractivity (Wildman–Crippen MR) is 277 cm³/mol. The van der Waals surface area contributed by atoms with Crippen LogP contribution in [0.4, 0.5) is 4.39 Å². The van der Waals surface area contributed by atoms with E-state index < -0.39 is 36.2 Å². The summed E-state index contributed by atoms with van der Waals surface area (Å²) in [5.74, 6) is 0.0645. The number of aromatic nitrogens is 2. The number of rotatable bonds is 11. The van der Waals surface area contributed by atoms with Gasteiger partial charge in [0.15, 0.2) is 0 Å². The van der Waals surface area contributed by atoms with E-state index in [0.29, 0.717) is 56.4 Å². The molecule has 390 valence electrons. The van der Waals surface area contributed by atoms with E-state index in [9.17, 15) is 9.59 Å². The van der Waals surface area contributed by atoms with E-state index in [-0.39, 0.29) is 54.2 Å². The molecular formula is C58H75FN8O6. The molecule has 3 N–H and O–H groups in total. The van der Waals surface area contributed by atoms with Crippen molar-refractivity contribution < 1.29 is 33.0 Å².